The smallest absolute Gasteiger partial charge is 0.149 e. The normalized spacial score (nSPS) is 17.8. The Hall–Kier alpha value is -1.58. The molecule has 0 radical (unpaired) electrons. The van der Waals surface area contributed by atoms with Crippen molar-refractivity contribution in [2.75, 3.05) is 7.11 Å². The van der Waals surface area contributed by atoms with Crippen LogP contribution < -0.4 is 10.5 Å². The van der Waals surface area contributed by atoms with Gasteiger partial charge in [0.1, 0.15) is 23.1 Å². The zero-order chi connectivity index (χ0) is 13.0. The summed E-state index contributed by atoms with van der Waals surface area (Å²) >= 11 is 0. The molecule has 18 heavy (non-hydrogen) atoms. The number of halogens is 1. The van der Waals surface area contributed by atoms with Crippen LogP contribution in [-0.4, -0.2) is 12.9 Å². The molecule has 0 aromatic heterocycles. The number of amidine groups is 1. The summed E-state index contributed by atoms with van der Waals surface area (Å²) in [4.78, 5) is 4.23. The molecule has 1 aliphatic carbocycles. The van der Waals surface area contributed by atoms with E-state index in [9.17, 15) is 4.39 Å². The maximum Gasteiger partial charge on any atom is 0.149 e. The van der Waals surface area contributed by atoms with Gasteiger partial charge in [-0.2, -0.15) is 0 Å². The van der Waals surface area contributed by atoms with Crippen LogP contribution >= 0.6 is 0 Å². The molecule has 0 amide bonds. The number of aliphatic imine (C=N–C) groups is 1. The summed E-state index contributed by atoms with van der Waals surface area (Å²) in [5.41, 5.74) is 6.24. The minimum Gasteiger partial charge on any atom is -0.497 e. The van der Waals surface area contributed by atoms with E-state index in [2.05, 4.69) is 4.99 Å². The Morgan fingerprint density at radius 3 is 2.72 bits per heavy atom. The Labute approximate surface area is 107 Å². The van der Waals surface area contributed by atoms with Crippen LogP contribution in [0.1, 0.15) is 32.1 Å². The predicted octanol–water partition coefficient (Wildman–Crippen LogP) is 3.40. The molecule has 98 valence electrons. The van der Waals surface area contributed by atoms with E-state index in [1.165, 1.54) is 25.3 Å². The number of nitrogens with two attached hydrogens (primary N) is 1. The van der Waals surface area contributed by atoms with Gasteiger partial charge in [0.2, 0.25) is 0 Å². The van der Waals surface area contributed by atoms with Gasteiger partial charge in [-0.3, -0.25) is 0 Å². The first kappa shape index (κ1) is 12.9. The average Bonchev–Trinajstić information content (AvgIpc) is 2.42. The summed E-state index contributed by atoms with van der Waals surface area (Å²) in [7, 11) is 1.55. The van der Waals surface area contributed by atoms with Crippen LogP contribution in [0.5, 0.6) is 5.75 Å². The van der Waals surface area contributed by atoms with E-state index < -0.39 is 0 Å². The maximum atomic E-state index is 13.6. The van der Waals surface area contributed by atoms with Crippen molar-refractivity contribution in [3.63, 3.8) is 0 Å². The van der Waals surface area contributed by atoms with Crippen molar-refractivity contribution in [3.05, 3.63) is 24.0 Å². The number of rotatable bonds is 3. The van der Waals surface area contributed by atoms with Crippen molar-refractivity contribution in [1.29, 1.82) is 0 Å². The summed E-state index contributed by atoms with van der Waals surface area (Å²) < 4.78 is 18.7. The van der Waals surface area contributed by atoms with Gasteiger partial charge in [-0.25, -0.2) is 9.38 Å². The molecule has 2 rings (SSSR count). The standard InChI is InChI=1S/C14H19FN2O/c1-18-11-7-8-12(15)13(9-11)17-14(16)10-5-3-2-4-6-10/h7-10H,2-6H2,1H3,(H2,16,17). The molecular weight excluding hydrogens is 231 g/mol. The van der Waals surface area contributed by atoms with Crippen LogP contribution in [0.15, 0.2) is 23.2 Å². The fraction of sp³-hybridized carbons (Fsp3) is 0.500. The minimum absolute atomic E-state index is 0.262. The highest BCUT2D eigenvalue weighted by atomic mass is 19.1. The molecule has 0 saturated heterocycles. The quantitative estimate of drug-likeness (QED) is 0.660. The molecule has 1 fully saturated rings. The van der Waals surface area contributed by atoms with E-state index >= 15 is 0 Å². The molecule has 0 heterocycles. The largest absolute Gasteiger partial charge is 0.497 e. The molecule has 4 heteroatoms. The number of benzene rings is 1. The Kier molecular flexibility index (Phi) is 4.18. The Morgan fingerprint density at radius 2 is 2.06 bits per heavy atom. The summed E-state index contributed by atoms with van der Waals surface area (Å²) in [5, 5.41) is 0. The fourth-order valence-electron chi connectivity index (χ4n) is 2.33. The third kappa shape index (κ3) is 3.00. The molecule has 2 N–H and O–H groups in total. The van der Waals surface area contributed by atoms with E-state index in [0.29, 0.717) is 17.5 Å². The van der Waals surface area contributed by atoms with Gasteiger partial charge < -0.3 is 10.5 Å². The van der Waals surface area contributed by atoms with Crippen LogP contribution in [0, 0.1) is 11.7 Å². The number of nitrogens with zero attached hydrogens (tertiary/aromatic N) is 1. The van der Waals surface area contributed by atoms with Gasteiger partial charge in [0, 0.05) is 12.0 Å². The molecule has 1 aliphatic rings. The summed E-state index contributed by atoms with van der Waals surface area (Å²) in [6.07, 6.45) is 5.74. The zero-order valence-corrected chi connectivity index (χ0v) is 10.7. The molecule has 0 spiro atoms. The van der Waals surface area contributed by atoms with Crippen molar-refractivity contribution < 1.29 is 9.13 Å². The van der Waals surface area contributed by atoms with Crippen molar-refractivity contribution in [1.82, 2.24) is 0 Å². The number of hydrogen-bond donors (Lipinski definition) is 1. The predicted molar refractivity (Wildman–Crippen MR) is 70.8 cm³/mol. The van der Waals surface area contributed by atoms with Gasteiger partial charge in [0.15, 0.2) is 0 Å². The lowest BCUT2D eigenvalue weighted by Gasteiger charge is -2.20. The number of methoxy groups -OCH3 is 1. The molecule has 1 aromatic carbocycles. The molecule has 0 bridgehead atoms. The highest BCUT2D eigenvalue weighted by molar-refractivity contribution is 5.85. The molecule has 1 aromatic rings. The van der Waals surface area contributed by atoms with Gasteiger partial charge in [0.05, 0.1) is 7.11 Å². The van der Waals surface area contributed by atoms with Crippen LogP contribution in [0.4, 0.5) is 10.1 Å². The van der Waals surface area contributed by atoms with Crippen LogP contribution in [0.2, 0.25) is 0 Å². The Morgan fingerprint density at radius 1 is 1.33 bits per heavy atom. The summed E-state index contributed by atoms with van der Waals surface area (Å²) in [6, 6.07) is 4.50. The Bertz CT molecular complexity index is 439. The van der Waals surface area contributed by atoms with Gasteiger partial charge in [-0.05, 0) is 25.0 Å². The van der Waals surface area contributed by atoms with E-state index in [4.69, 9.17) is 10.5 Å². The minimum atomic E-state index is -0.366. The van der Waals surface area contributed by atoms with Gasteiger partial charge >= 0.3 is 0 Å². The van der Waals surface area contributed by atoms with Gasteiger partial charge in [0.25, 0.3) is 0 Å². The average molecular weight is 250 g/mol. The monoisotopic (exact) mass is 250 g/mol. The van der Waals surface area contributed by atoms with Crippen LogP contribution in [0.25, 0.3) is 0 Å². The van der Waals surface area contributed by atoms with Crippen molar-refractivity contribution in [3.8, 4) is 5.75 Å². The van der Waals surface area contributed by atoms with E-state index in [-0.39, 0.29) is 11.5 Å². The molecule has 0 aliphatic heterocycles. The molecule has 1 saturated carbocycles. The summed E-state index contributed by atoms with van der Waals surface area (Å²) in [5.74, 6) is 1.06. The first-order chi connectivity index (χ1) is 8.70. The van der Waals surface area contributed by atoms with E-state index in [0.717, 1.165) is 12.8 Å². The maximum absolute atomic E-state index is 13.6. The van der Waals surface area contributed by atoms with Gasteiger partial charge in [-0.1, -0.05) is 19.3 Å². The highest BCUT2D eigenvalue weighted by Crippen LogP contribution is 2.27. The van der Waals surface area contributed by atoms with Crippen molar-refractivity contribution >= 4 is 11.5 Å². The lowest BCUT2D eigenvalue weighted by Crippen LogP contribution is -2.25. The third-order valence-electron chi connectivity index (χ3n) is 3.43. The second kappa shape index (κ2) is 5.85. The lowest BCUT2D eigenvalue weighted by atomic mass is 9.88. The van der Waals surface area contributed by atoms with E-state index in [1.807, 2.05) is 0 Å². The SMILES string of the molecule is COc1ccc(F)c(N=C(N)C2CCCCC2)c1. The zero-order valence-electron chi connectivity index (χ0n) is 10.7. The topological polar surface area (TPSA) is 47.6 Å². The lowest BCUT2D eigenvalue weighted by molar-refractivity contribution is 0.414. The number of ether oxygens (including phenoxy) is 1. The second-order valence-electron chi connectivity index (χ2n) is 4.69. The van der Waals surface area contributed by atoms with Crippen LogP contribution in [-0.2, 0) is 0 Å². The molecular formula is C14H19FN2O. The molecule has 3 nitrogen and oxygen atoms in total. The van der Waals surface area contributed by atoms with Crippen LogP contribution in [0.3, 0.4) is 0 Å². The van der Waals surface area contributed by atoms with Crippen molar-refractivity contribution in [2.24, 2.45) is 16.6 Å². The first-order valence-electron chi connectivity index (χ1n) is 6.38. The summed E-state index contributed by atoms with van der Waals surface area (Å²) in [6.45, 7) is 0. The number of hydrogen-bond acceptors (Lipinski definition) is 2. The first-order valence-corrected chi connectivity index (χ1v) is 6.38. The molecule has 0 unspecified atom stereocenters. The highest BCUT2D eigenvalue weighted by Gasteiger charge is 2.17. The third-order valence-corrected chi connectivity index (χ3v) is 3.43. The fourth-order valence-corrected chi connectivity index (χ4v) is 2.33. The molecule has 0 atom stereocenters. The van der Waals surface area contributed by atoms with E-state index in [1.54, 1.807) is 19.2 Å². The Balaban J connectivity index is 2.19. The van der Waals surface area contributed by atoms with Gasteiger partial charge in [-0.15, -0.1) is 0 Å². The second-order valence-corrected chi connectivity index (χ2v) is 4.69. The van der Waals surface area contributed by atoms with Crippen molar-refractivity contribution in [2.45, 2.75) is 32.1 Å².